The van der Waals surface area contributed by atoms with Gasteiger partial charge in [-0.2, -0.15) is 0 Å². The zero-order chi connectivity index (χ0) is 10.6. The van der Waals surface area contributed by atoms with Crippen LogP contribution in [0.1, 0.15) is 37.0 Å². The molecule has 0 fully saturated rings. The van der Waals surface area contributed by atoms with Crippen LogP contribution in [0.15, 0.2) is 18.5 Å². The van der Waals surface area contributed by atoms with Crippen molar-refractivity contribution >= 4 is 5.78 Å². The first kappa shape index (κ1) is 10.8. The number of carbonyl (C=O) groups excluding carboxylic acids is 1. The van der Waals surface area contributed by atoms with E-state index in [1.54, 1.807) is 0 Å². The van der Waals surface area contributed by atoms with Crippen LogP contribution in [0.4, 0.5) is 4.39 Å². The fourth-order valence-corrected chi connectivity index (χ4v) is 1.40. The lowest BCUT2D eigenvalue weighted by molar-refractivity contribution is 0.0919. The first-order valence-electron chi connectivity index (χ1n) is 4.80. The molecule has 14 heavy (non-hydrogen) atoms. The van der Waals surface area contributed by atoms with E-state index in [2.05, 4.69) is 4.98 Å². The zero-order valence-corrected chi connectivity index (χ0v) is 8.46. The van der Waals surface area contributed by atoms with Gasteiger partial charge < -0.3 is 0 Å². The molecule has 0 amide bonds. The summed E-state index contributed by atoms with van der Waals surface area (Å²) >= 11 is 0. The van der Waals surface area contributed by atoms with Crippen molar-refractivity contribution in [1.29, 1.82) is 0 Å². The van der Waals surface area contributed by atoms with Crippen LogP contribution in [0.3, 0.4) is 0 Å². The lowest BCUT2D eigenvalue weighted by atomic mass is 9.96. The quantitative estimate of drug-likeness (QED) is 0.691. The molecular weight excluding hydrogens is 181 g/mol. The van der Waals surface area contributed by atoms with Gasteiger partial charge >= 0.3 is 0 Å². The smallest absolute Gasteiger partial charge is 0.168 e. The minimum atomic E-state index is -0.527. The molecule has 1 heterocycles. The van der Waals surface area contributed by atoms with Gasteiger partial charge in [-0.1, -0.05) is 20.3 Å². The highest BCUT2D eigenvalue weighted by molar-refractivity contribution is 5.97. The summed E-state index contributed by atoms with van der Waals surface area (Å²) in [5.74, 6) is -0.774. The predicted octanol–water partition coefficient (Wildman–Crippen LogP) is 2.84. The first-order chi connectivity index (χ1) is 6.66. The molecule has 1 aromatic rings. The van der Waals surface area contributed by atoms with Crippen molar-refractivity contribution < 1.29 is 9.18 Å². The van der Waals surface area contributed by atoms with Gasteiger partial charge in [0.25, 0.3) is 0 Å². The van der Waals surface area contributed by atoms with Crippen molar-refractivity contribution in [3.63, 3.8) is 0 Å². The van der Waals surface area contributed by atoms with Gasteiger partial charge in [-0.05, 0) is 12.5 Å². The van der Waals surface area contributed by atoms with E-state index < -0.39 is 5.82 Å². The van der Waals surface area contributed by atoms with E-state index in [-0.39, 0.29) is 17.3 Å². The Morgan fingerprint density at radius 2 is 2.36 bits per heavy atom. The maximum atomic E-state index is 13.2. The summed E-state index contributed by atoms with van der Waals surface area (Å²) in [6.45, 7) is 3.83. The van der Waals surface area contributed by atoms with Crippen LogP contribution >= 0.6 is 0 Å². The third-order valence-corrected chi connectivity index (χ3v) is 2.21. The molecule has 0 N–H and O–H groups in total. The average molecular weight is 195 g/mol. The van der Waals surface area contributed by atoms with Gasteiger partial charge in [0.1, 0.15) is 0 Å². The Morgan fingerprint density at radius 1 is 1.64 bits per heavy atom. The Balaban J connectivity index is 2.84. The molecule has 0 aliphatic rings. The number of aromatic nitrogens is 1. The van der Waals surface area contributed by atoms with Crippen molar-refractivity contribution in [3.8, 4) is 0 Å². The average Bonchev–Trinajstić information content (AvgIpc) is 2.18. The van der Waals surface area contributed by atoms with Crippen LogP contribution in [0.25, 0.3) is 0 Å². The lowest BCUT2D eigenvalue weighted by Crippen LogP contribution is -2.12. The molecule has 0 spiro atoms. The van der Waals surface area contributed by atoms with Gasteiger partial charge in [-0.3, -0.25) is 9.78 Å². The lowest BCUT2D eigenvalue weighted by Gasteiger charge is -2.08. The normalized spacial score (nSPS) is 12.5. The van der Waals surface area contributed by atoms with Crippen LogP contribution in [0.5, 0.6) is 0 Å². The van der Waals surface area contributed by atoms with Crippen molar-refractivity contribution in [1.82, 2.24) is 4.98 Å². The van der Waals surface area contributed by atoms with Crippen LogP contribution in [0.2, 0.25) is 0 Å². The molecule has 0 aliphatic heterocycles. The van der Waals surface area contributed by atoms with E-state index in [9.17, 15) is 9.18 Å². The minimum Gasteiger partial charge on any atom is -0.294 e. The number of pyridine rings is 1. The second kappa shape index (κ2) is 4.84. The highest BCUT2D eigenvalue weighted by Gasteiger charge is 2.17. The summed E-state index contributed by atoms with van der Waals surface area (Å²) in [6.07, 6.45) is 4.24. The van der Waals surface area contributed by atoms with Crippen molar-refractivity contribution in [2.75, 3.05) is 0 Å². The largest absolute Gasteiger partial charge is 0.294 e. The summed E-state index contributed by atoms with van der Waals surface area (Å²) in [5.41, 5.74) is 0.154. The van der Waals surface area contributed by atoms with E-state index >= 15 is 0 Å². The Morgan fingerprint density at radius 3 is 2.93 bits per heavy atom. The maximum Gasteiger partial charge on any atom is 0.168 e. The Kier molecular flexibility index (Phi) is 3.74. The van der Waals surface area contributed by atoms with Crippen LogP contribution in [0, 0.1) is 11.7 Å². The van der Waals surface area contributed by atoms with Gasteiger partial charge in [-0.15, -0.1) is 0 Å². The number of ketones is 1. The topological polar surface area (TPSA) is 30.0 Å². The molecule has 1 unspecified atom stereocenters. The Hall–Kier alpha value is -1.25. The van der Waals surface area contributed by atoms with E-state index in [0.717, 1.165) is 19.0 Å². The molecule has 1 aromatic heterocycles. The minimum absolute atomic E-state index is 0.114. The van der Waals surface area contributed by atoms with Crippen molar-refractivity contribution in [2.24, 2.45) is 5.92 Å². The van der Waals surface area contributed by atoms with E-state index in [1.165, 1.54) is 12.3 Å². The standard InChI is InChI=1S/C11H14FNO/c1-3-4-8(2)11(14)9-5-6-13-7-10(9)12/h5-8H,3-4H2,1-2H3. The molecular formula is C11H14FNO. The monoisotopic (exact) mass is 195 g/mol. The number of halogens is 1. The Labute approximate surface area is 83.2 Å². The summed E-state index contributed by atoms with van der Waals surface area (Å²) in [7, 11) is 0. The van der Waals surface area contributed by atoms with Crippen LogP contribution < -0.4 is 0 Å². The van der Waals surface area contributed by atoms with E-state index in [4.69, 9.17) is 0 Å². The fourth-order valence-electron chi connectivity index (χ4n) is 1.40. The van der Waals surface area contributed by atoms with E-state index in [0.29, 0.717) is 0 Å². The second-order valence-corrected chi connectivity index (χ2v) is 3.41. The number of rotatable bonds is 4. The molecule has 76 valence electrons. The molecule has 0 saturated heterocycles. The highest BCUT2D eigenvalue weighted by atomic mass is 19.1. The third kappa shape index (κ3) is 2.37. The highest BCUT2D eigenvalue weighted by Crippen LogP contribution is 2.15. The van der Waals surface area contributed by atoms with Gasteiger partial charge in [0.15, 0.2) is 11.6 Å². The molecule has 0 bridgehead atoms. The summed E-state index contributed by atoms with van der Waals surface area (Å²) in [4.78, 5) is 15.3. The molecule has 2 nitrogen and oxygen atoms in total. The van der Waals surface area contributed by atoms with Crippen molar-refractivity contribution in [2.45, 2.75) is 26.7 Å². The number of hydrogen-bond donors (Lipinski definition) is 0. The first-order valence-corrected chi connectivity index (χ1v) is 4.80. The molecule has 0 saturated carbocycles. The van der Waals surface area contributed by atoms with Crippen LogP contribution in [-0.2, 0) is 0 Å². The molecule has 0 radical (unpaired) electrons. The van der Waals surface area contributed by atoms with Gasteiger partial charge in [0, 0.05) is 12.1 Å². The van der Waals surface area contributed by atoms with Gasteiger partial charge in [-0.25, -0.2) is 4.39 Å². The molecule has 0 aromatic carbocycles. The summed E-state index contributed by atoms with van der Waals surface area (Å²) in [5, 5.41) is 0. The zero-order valence-electron chi connectivity index (χ0n) is 8.46. The number of nitrogens with zero attached hydrogens (tertiary/aromatic N) is 1. The molecule has 3 heteroatoms. The number of hydrogen-bond acceptors (Lipinski definition) is 2. The summed E-state index contributed by atoms with van der Waals surface area (Å²) < 4.78 is 13.2. The van der Waals surface area contributed by atoms with Gasteiger partial charge in [0.2, 0.25) is 0 Å². The molecule has 1 rings (SSSR count). The molecule has 0 aliphatic carbocycles. The fraction of sp³-hybridized carbons (Fsp3) is 0.455. The molecule has 1 atom stereocenters. The summed E-state index contributed by atoms with van der Waals surface area (Å²) in [6, 6.07) is 1.43. The van der Waals surface area contributed by atoms with E-state index in [1.807, 2.05) is 13.8 Å². The third-order valence-electron chi connectivity index (χ3n) is 2.21. The predicted molar refractivity (Wildman–Crippen MR) is 52.6 cm³/mol. The second-order valence-electron chi connectivity index (χ2n) is 3.41. The number of Topliss-reactive ketones (excluding diaryl/α,β-unsaturated/α-hetero) is 1. The SMILES string of the molecule is CCCC(C)C(=O)c1ccncc1F. The van der Waals surface area contributed by atoms with Crippen LogP contribution in [-0.4, -0.2) is 10.8 Å². The maximum absolute atomic E-state index is 13.2. The van der Waals surface area contributed by atoms with Gasteiger partial charge in [0.05, 0.1) is 11.8 Å². The number of carbonyl (C=O) groups is 1. The van der Waals surface area contributed by atoms with Crippen molar-refractivity contribution in [3.05, 3.63) is 29.8 Å². The Bertz CT molecular complexity index is 325.